The Morgan fingerprint density at radius 3 is 2.71 bits per heavy atom. The molecular weight excluding hydrogens is 210 g/mol. The van der Waals surface area contributed by atoms with E-state index in [1.165, 1.54) is 11.3 Å². The highest BCUT2D eigenvalue weighted by atomic mass is 16.5. The van der Waals surface area contributed by atoms with Gasteiger partial charge in [0.1, 0.15) is 0 Å². The van der Waals surface area contributed by atoms with Crippen LogP contribution in [0.3, 0.4) is 0 Å². The van der Waals surface area contributed by atoms with Crippen molar-refractivity contribution >= 4 is 5.69 Å². The molecule has 0 saturated carbocycles. The molecule has 1 aliphatic heterocycles. The van der Waals surface area contributed by atoms with Crippen molar-refractivity contribution in [3.8, 4) is 0 Å². The Morgan fingerprint density at radius 2 is 2.00 bits per heavy atom. The van der Waals surface area contributed by atoms with Gasteiger partial charge in [0.05, 0.1) is 12.2 Å². The number of para-hydroxylation sites is 1. The molecule has 2 heteroatoms. The van der Waals surface area contributed by atoms with E-state index in [1.54, 1.807) is 0 Å². The van der Waals surface area contributed by atoms with Gasteiger partial charge in [0, 0.05) is 18.3 Å². The smallest absolute Gasteiger partial charge is 0.0648 e. The van der Waals surface area contributed by atoms with Gasteiger partial charge in [-0.25, -0.2) is 0 Å². The summed E-state index contributed by atoms with van der Waals surface area (Å²) in [5.41, 5.74) is 2.82. The first-order chi connectivity index (χ1) is 7.97. The van der Waals surface area contributed by atoms with E-state index in [0.717, 1.165) is 19.6 Å². The van der Waals surface area contributed by atoms with E-state index in [4.69, 9.17) is 4.74 Å². The van der Waals surface area contributed by atoms with Gasteiger partial charge >= 0.3 is 0 Å². The molecule has 0 bridgehead atoms. The molecule has 0 fully saturated rings. The first-order valence-electron chi connectivity index (χ1n) is 6.46. The van der Waals surface area contributed by atoms with E-state index >= 15 is 0 Å². The minimum absolute atomic E-state index is 0.0392. The van der Waals surface area contributed by atoms with Crippen LogP contribution in [0, 0.1) is 0 Å². The maximum absolute atomic E-state index is 5.81. The van der Waals surface area contributed by atoms with Gasteiger partial charge in [-0.3, -0.25) is 0 Å². The van der Waals surface area contributed by atoms with Crippen LogP contribution in [0.1, 0.15) is 33.3 Å². The predicted molar refractivity (Wildman–Crippen MR) is 72.7 cm³/mol. The van der Waals surface area contributed by atoms with Crippen molar-refractivity contribution in [1.82, 2.24) is 0 Å². The molecule has 1 aromatic carbocycles. The summed E-state index contributed by atoms with van der Waals surface area (Å²) in [7, 11) is 0. The lowest BCUT2D eigenvalue weighted by Gasteiger charge is -2.27. The van der Waals surface area contributed by atoms with Crippen LogP contribution in [0.5, 0.6) is 0 Å². The number of rotatable bonds is 3. The van der Waals surface area contributed by atoms with Crippen LogP contribution < -0.4 is 4.90 Å². The standard InChI is InChI=1S/C15H23NO/c1-12-11-13-7-5-6-8-14(13)16(12)9-10-17-15(2,3)4/h5-8,12H,9-11H2,1-4H3. The zero-order valence-corrected chi connectivity index (χ0v) is 11.4. The second kappa shape index (κ2) is 4.69. The predicted octanol–water partition coefficient (Wildman–Crippen LogP) is 3.25. The van der Waals surface area contributed by atoms with Crippen molar-refractivity contribution in [2.75, 3.05) is 18.1 Å². The van der Waals surface area contributed by atoms with Crippen LogP contribution in [0.25, 0.3) is 0 Å². The van der Waals surface area contributed by atoms with Crippen molar-refractivity contribution < 1.29 is 4.74 Å². The number of fused-ring (bicyclic) bond motifs is 1. The zero-order chi connectivity index (χ0) is 12.5. The Labute approximate surface area is 105 Å². The normalized spacial score (nSPS) is 19.5. The van der Waals surface area contributed by atoms with Crippen LogP contribution in [-0.2, 0) is 11.2 Å². The molecule has 0 N–H and O–H groups in total. The maximum Gasteiger partial charge on any atom is 0.0648 e. The molecule has 1 aromatic rings. The lowest BCUT2D eigenvalue weighted by molar-refractivity contribution is 0.00106. The largest absolute Gasteiger partial charge is 0.374 e. The van der Waals surface area contributed by atoms with E-state index in [-0.39, 0.29) is 5.60 Å². The molecule has 0 radical (unpaired) electrons. The molecule has 1 aliphatic rings. The molecule has 0 aromatic heterocycles. The highest BCUT2D eigenvalue weighted by molar-refractivity contribution is 5.59. The lowest BCUT2D eigenvalue weighted by atomic mass is 10.1. The van der Waals surface area contributed by atoms with Crippen LogP contribution in [0.2, 0.25) is 0 Å². The monoisotopic (exact) mass is 233 g/mol. The van der Waals surface area contributed by atoms with Crippen molar-refractivity contribution in [3.05, 3.63) is 29.8 Å². The van der Waals surface area contributed by atoms with Gasteiger partial charge in [0.2, 0.25) is 0 Å². The van der Waals surface area contributed by atoms with E-state index in [0.29, 0.717) is 6.04 Å². The summed E-state index contributed by atoms with van der Waals surface area (Å²) >= 11 is 0. The van der Waals surface area contributed by atoms with E-state index in [1.807, 2.05) is 0 Å². The maximum atomic E-state index is 5.81. The highest BCUT2D eigenvalue weighted by Gasteiger charge is 2.25. The third-order valence-electron chi connectivity index (χ3n) is 3.22. The van der Waals surface area contributed by atoms with Crippen molar-refractivity contribution in [3.63, 3.8) is 0 Å². The van der Waals surface area contributed by atoms with Crippen molar-refractivity contribution in [1.29, 1.82) is 0 Å². The van der Waals surface area contributed by atoms with E-state index < -0.39 is 0 Å². The Hall–Kier alpha value is -1.02. The number of ether oxygens (including phenoxy) is 1. The molecule has 2 nitrogen and oxygen atoms in total. The third kappa shape index (κ3) is 3.01. The van der Waals surface area contributed by atoms with Gasteiger partial charge in [-0.15, -0.1) is 0 Å². The minimum Gasteiger partial charge on any atom is -0.374 e. The average molecular weight is 233 g/mol. The van der Waals surface area contributed by atoms with Gasteiger partial charge < -0.3 is 9.64 Å². The Balaban J connectivity index is 1.97. The fourth-order valence-corrected chi connectivity index (χ4v) is 2.42. The fraction of sp³-hybridized carbons (Fsp3) is 0.600. The SMILES string of the molecule is CC1Cc2ccccc2N1CCOC(C)(C)C. The average Bonchev–Trinajstić information content (AvgIpc) is 2.54. The summed E-state index contributed by atoms with van der Waals surface area (Å²) in [4.78, 5) is 2.46. The van der Waals surface area contributed by atoms with Gasteiger partial charge in [-0.1, -0.05) is 18.2 Å². The molecular formula is C15H23NO. The van der Waals surface area contributed by atoms with Crippen molar-refractivity contribution in [2.45, 2.75) is 45.8 Å². The summed E-state index contributed by atoms with van der Waals surface area (Å²) in [5, 5.41) is 0. The van der Waals surface area contributed by atoms with Crippen LogP contribution in [-0.4, -0.2) is 24.8 Å². The molecule has 1 unspecified atom stereocenters. The Bertz CT molecular complexity index is 381. The van der Waals surface area contributed by atoms with Gasteiger partial charge in [0.25, 0.3) is 0 Å². The number of benzene rings is 1. The zero-order valence-electron chi connectivity index (χ0n) is 11.4. The summed E-state index contributed by atoms with van der Waals surface area (Å²) < 4.78 is 5.81. The van der Waals surface area contributed by atoms with E-state index in [2.05, 4.69) is 56.9 Å². The number of hydrogen-bond acceptors (Lipinski definition) is 2. The first-order valence-corrected chi connectivity index (χ1v) is 6.46. The minimum atomic E-state index is -0.0392. The van der Waals surface area contributed by atoms with Gasteiger partial charge in [0.15, 0.2) is 0 Å². The van der Waals surface area contributed by atoms with Crippen molar-refractivity contribution in [2.24, 2.45) is 0 Å². The van der Waals surface area contributed by atoms with Gasteiger partial charge in [-0.2, -0.15) is 0 Å². The van der Waals surface area contributed by atoms with Crippen LogP contribution in [0.4, 0.5) is 5.69 Å². The quantitative estimate of drug-likeness (QED) is 0.794. The molecule has 94 valence electrons. The molecule has 0 aliphatic carbocycles. The number of anilines is 1. The first kappa shape index (κ1) is 12.4. The second-order valence-electron chi connectivity index (χ2n) is 5.84. The lowest BCUT2D eigenvalue weighted by Crippen LogP contribution is -2.34. The molecule has 0 spiro atoms. The Kier molecular flexibility index (Phi) is 3.43. The molecule has 1 atom stereocenters. The summed E-state index contributed by atoms with van der Waals surface area (Å²) in [6.45, 7) is 10.4. The van der Waals surface area contributed by atoms with Gasteiger partial charge in [-0.05, 0) is 45.7 Å². The molecule has 2 rings (SSSR count). The summed E-state index contributed by atoms with van der Waals surface area (Å²) in [6, 6.07) is 9.29. The highest BCUT2D eigenvalue weighted by Crippen LogP contribution is 2.31. The number of hydrogen-bond donors (Lipinski definition) is 0. The topological polar surface area (TPSA) is 12.5 Å². The second-order valence-corrected chi connectivity index (χ2v) is 5.84. The van der Waals surface area contributed by atoms with Crippen LogP contribution in [0.15, 0.2) is 24.3 Å². The fourth-order valence-electron chi connectivity index (χ4n) is 2.42. The molecule has 0 saturated heterocycles. The molecule has 0 amide bonds. The molecule has 1 heterocycles. The number of nitrogens with zero attached hydrogens (tertiary/aromatic N) is 1. The summed E-state index contributed by atoms with van der Waals surface area (Å²) in [6.07, 6.45) is 1.16. The molecule has 17 heavy (non-hydrogen) atoms. The Morgan fingerprint density at radius 1 is 1.29 bits per heavy atom. The van der Waals surface area contributed by atoms with E-state index in [9.17, 15) is 0 Å². The van der Waals surface area contributed by atoms with Crippen LogP contribution >= 0.6 is 0 Å². The summed E-state index contributed by atoms with van der Waals surface area (Å²) in [5.74, 6) is 0. The third-order valence-corrected chi connectivity index (χ3v) is 3.22.